The van der Waals surface area contributed by atoms with Gasteiger partial charge >= 0.3 is 0 Å². The molecule has 2 nitrogen and oxygen atoms in total. The highest BCUT2D eigenvalue weighted by atomic mass is 16.3. The molecule has 1 aromatic heterocycles. The van der Waals surface area contributed by atoms with Crippen LogP contribution in [0.3, 0.4) is 0 Å². The van der Waals surface area contributed by atoms with E-state index in [1.54, 1.807) is 6.26 Å². The minimum Gasteiger partial charge on any atom is -0.472 e. The van der Waals surface area contributed by atoms with Gasteiger partial charge in [0.1, 0.15) is 0 Å². The molecule has 15 heavy (non-hydrogen) atoms. The van der Waals surface area contributed by atoms with Gasteiger partial charge in [0, 0.05) is 6.04 Å². The van der Waals surface area contributed by atoms with Crippen molar-refractivity contribution in [2.75, 3.05) is 7.05 Å². The van der Waals surface area contributed by atoms with Crippen molar-refractivity contribution in [2.45, 2.75) is 44.6 Å². The number of hydrogen-bond acceptors (Lipinski definition) is 2. The lowest BCUT2D eigenvalue weighted by atomic mass is 9.82. The van der Waals surface area contributed by atoms with Crippen molar-refractivity contribution in [3.05, 3.63) is 24.2 Å². The number of rotatable bonds is 4. The summed E-state index contributed by atoms with van der Waals surface area (Å²) in [6.07, 6.45) is 11.8. The van der Waals surface area contributed by atoms with Gasteiger partial charge in [-0.3, -0.25) is 0 Å². The molecular formula is C13H21NO. The highest BCUT2D eigenvalue weighted by Gasteiger charge is 2.22. The lowest BCUT2D eigenvalue weighted by Gasteiger charge is -2.29. The molecule has 0 spiro atoms. The van der Waals surface area contributed by atoms with Crippen LogP contribution in [0.5, 0.6) is 0 Å². The number of furan rings is 1. The summed E-state index contributed by atoms with van der Waals surface area (Å²) in [6.45, 7) is 0. The molecule has 1 fully saturated rings. The molecule has 1 unspecified atom stereocenters. The van der Waals surface area contributed by atoms with Crippen molar-refractivity contribution < 1.29 is 4.42 Å². The minimum atomic E-state index is 0.628. The zero-order valence-corrected chi connectivity index (χ0v) is 9.54. The van der Waals surface area contributed by atoms with E-state index in [0.29, 0.717) is 6.04 Å². The van der Waals surface area contributed by atoms with Crippen molar-refractivity contribution in [3.63, 3.8) is 0 Å². The molecule has 1 N–H and O–H groups in total. The number of likely N-dealkylation sites (N-methyl/N-ethyl adjacent to an activating group) is 1. The Hall–Kier alpha value is -0.760. The second-order valence-corrected chi connectivity index (χ2v) is 4.63. The normalized spacial score (nSPS) is 20.3. The quantitative estimate of drug-likeness (QED) is 0.821. The largest absolute Gasteiger partial charge is 0.472 e. The Labute approximate surface area is 92.1 Å². The maximum atomic E-state index is 5.12. The van der Waals surface area contributed by atoms with Gasteiger partial charge in [-0.1, -0.05) is 19.3 Å². The predicted molar refractivity (Wildman–Crippen MR) is 61.8 cm³/mol. The third-order valence-corrected chi connectivity index (χ3v) is 3.63. The summed E-state index contributed by atoms with van der Waals surface area (Å²) in [6, 6.07) is 2.70. The fraction of sp³-hybridized carbons (Fsp3) is 0.692. The van der Waals surface area contributed by atoms with E-state index in [0.717, 1.165) is 12.3 Å². The van der Waals surface area contributed by atoms with Gasteiger partial charge in [-0.25, -0.2) is 0 Å². The summed E-state index contributed by atoms with van der Waals surface area (Å²) in [5.74, 6) is 0.860. The Morgan fingerprint density at radius 2 is 2.20 bits per heavy atom. The van der Waals surface area contributed by atoms with Crippen LogP contribution in [0.2, 0.25) is 0 Å². The molecule has 2 heteroatoms. The smallest absolute Gasteiger partial charge is 0.0935 e. The van der Waals surface area contributed by atoms with Gasteiger partial charge in [0.25, 0.3) is 0 Å². The van der Waals surface area contributed by atoms with Crippen LogP contribution in [-0.2, 0) is 6.42 Å². The summed E-state index contributed by atoms with van der Waals surface area (Å²) in [7, 11) is 2.08. The summed E-state index contributed by atoms with van der Waals surface area (Å²) in [4.78, 5) is 0. The molecule has 0 aliphatic heterocycles. The van der Waals surface area contributed by atoms with Crippen LogP contribution in [0.15, 0.2) is 23.0 Å². The maximum absolute atomic E-state index is 5.12. The van der Waals surface area contributed by atoms with Crippen molar-refractivity contribution in [2.24, 2.45) is 5.92 Å². The lowest BCUT2D eigenvalue weighted by molar-refractivity contribution is 0.276. The minimum absolute atomic E-state index is 0.628. The first-order chi connectivity index (χ1) is 7.40. The van der Waals surface area contributed by atoms with Crippen LogP contribution < -0.4 is 5.32 Å². The number of nitrogens with one attached hydrogen (secondary N) is 1. The van der Waals surface area contributed by atoms with Gasteiger partial charge in [0.2, 0.25) is 0 Å². The molecule has 0 amide bonds. The molecule has 1 heterocycles. The zero-order chi connectivity index (χ0) is 10.5. The van der Waals surface area contributed by atoms with Crippen LogP contribution in [0.25, 0.3) is 0 Å². The number of hydrogen-bond donors (Lipinski definition) is 1. The fourth-order valence-electron chi connectivity index (χ4n) is 2.70. The van der Waals surface area contributed by atoms with Crippen molar-refractivity contribution in [1.82, 2.24) is 5.32 Å². The van der Waals surface area contributed by atoms with Crippen LogP contribution in [0, 0.1) is 5.92 Å². The predicted octanol–water partition coefficient (Wildman–Crippen LogP) is 2.99. The molecule has 0 bridgehead atoms. The second kappa shape index (κ2) is 5.36. The molecule has 1 aliphatic rings. The van der Waals surface area contributed by atoms with Crippen LogP contribution in [0.4, 0.5) is 0 Å². The average Bonchev–Trinajstić information content (AvgIpc) is 2.80. The first-order valence-electron chi connectivity index (χ1n) is 6.08. The van der Waals surface area contributed by atoms with Gasteiger partial charge in [0.05, 0.1) is 12.5 Å². The molecule has 1 aromatic rings. The first kappa shape index (κ1) is 10.7. The van der Waals surface area contributed by atoms with Gasteiger partial charge in [-0.2, -0.15) is 0 Å². The van der Waals surface area contributed by atoms with E-state index in [4.69, 9.17) is 4.42 Å². The summed E-state index contributed by atoms with van der Waals surface area (Å²) < 4.78 is 5.12. The summed E-state index contributed by atoms with van der Waals surface area (Å²) >= 11 is 0. The Kier molecular flexibility index (Phi) is 3.84. The highest BCUT2D eigenvalue weighted by molar-refractivity contribution is 5.08. The Morgan fingerprint density at radius 3 is 2.80 bits per heavy atom. The molecule has 1 aliphatic carbocycles. The molecule has 2 rings (SSSR count). The van der Waals surface area contributed by atoms with Gasteiger partial charge in [0.15, 0.2) is 0 Å². The second-order valence-electron chi connectivity index (χ2n) is 4.63. The monoisotopic (exact) mass is 207 g/mol. The van der Waals surface area contributed by atoms with Crippen LogP contribution in [-0.4, -0.2) is 13.1 Å². The van der Waals surface area contributed by atoms with E-state index >= 15 is 0 Å². The molecular weight excluding hydrogens is 186 g/mol. The van der Waals surface area contributed by atoms with Crippen LogP contribution in [0.1, 0.15) is 37.7 Å². The molecule has 0 radical (unpaired) electrons. The molecule has 0 aromatic carbocycles. The van der Waals surface area contributed by atoms with Gasteiger partial charge in [-0.05, 0) is 43.9 Å². The SMILES string of the molecule is CNC(Cc1ccoc1)C1CCCCC1. The maximum Gasteiger partial charge on any atom is 0.0935 e. The molecule has 0 saturated heterocycles. The van der Waals surface area contributed by atoms with E-state index in [1.807, 2.05) is 6.26 Å². The van der Waals surface area contributed by atoms with E-state index < -0.39 is 0 Å². The topological polar surface area (TPSA) is 25.2 Å². The van der Waals surface area contributed by atoms with E-state index in [-0.39, 0.29) is 0 Å². The van der Waals surface area contributed by atoms with Crippen LogP contribution >= 0.6 is 0 Å². The highest BCUT2D eigenvalue weighted by Crippen LogP contribution is 2.27. The van der Waals surface area contributed by atoms with Gasteiger partial charge < -0.3 is 9.73 Å². The van der Waals surface area contributed by atoms with Crippen molar-refractivity contribution in [1.29, 1.82) is 0 Å². The van der Waals surface area contributed by atoms with Crippen molar-refractivity contribution >= 4 is 0 Å². The molecule has 84 valence electrons. The molecule has 1 atom stereocenters. The Balaban J connectivity index is 1.91. The van der Waals surface area contributed by atoms with E-state index in [9.17, 15) is 0 Å². The zero-order valence-electron chi connectivity index (χ0n) is 9.54. The van der Waals surface area contributed by atoms with E-state index in [1.165, 1.54) is 37.7 Å². The Bertz CT molecular complexity index is 262. The average molecular weight is 207 g/mol. The standard InChI is InChI=1S/C13H21NO/c1-14-13(9-11-7-8-15-10-11)12-5-3-2-4-6-12/h7-8,10,12-14H,2-6,9H2,1H3. The third-order valence-electron chi connectivity index (χ3n) is 3.63. The first-order valence-corrected chi connectivity index (χ1v) is 6.08. The summed E-state index contributed by atoms with van der Waals surface area (Å²) in [5, 5.41) is 3.47. The summed E-state index contributed by atoms with van der Waals surface area (Å²) in [5.41, 5.74) is 1.32. The lowest BCUT2D eigenvalue weighted by Crippen LogP contribution is -2.36. The third kappa shape index (κ3) is 2.85. The van der Waals surface area contributed by atoms with Crippen molar-refractivity contribution in [3.8, 4) is 0 Å². The molecule has 1 saturated carbocycles. The van der Waals surface area contributed by atoms with Gasteiger partial charge in [-0.15, -0.1) is 0 Å². The van der Waals surface area contributed by atoms with E-state index in [2.05, 4.69) is 18.4 Å². The Morgan fingerprint density at radius 1 is 1.40 bits per heavy atom. The fourth-order valence-corrected chi connectivity index (χ4v) is 2.70.